The van der Waals surface area contributed by atoms with Gasteiger partial charge in [-0.2, -0.15) is 0 Å². The number of benzene rings is 1. The lowest BCUT2D eigenvalue weighted by Gasteiger charge is -2.28. The molecule has 2 aliphatic heterocycles. The number of nitrogens with zero attached hydrogens (tertiary/aromatic N) is 4. The molecule has 1 aromatic heterocycles. The van der Waals surface area contributed by atoms with Crippen molar-refractivity contribution in [1.29, 1.82) is 0 Å². The van der Waals surface area contributed by atoms with Gasteiger partial charge in [-0.25, -0.2) is 4.68 Å². The van der Waals surface area contributed by atoms with Crippen LogP contribution in [0.4, 0.5) is 0 Å². The van der Waals surface area contributed by atoms with Gasteiger partial charge in [0.1, 0.15) is 0 Å². The van der Waals surface area contributed by atoms with Crippen molar-refractivity contribution in [2.75, 3.05) is 32.7 Å². The van der Waals surface area contributed by atoms with Gasteiger partial charge < -0.3 is 10.6 Å². The number of hydrogen-bond acceptors (Lipinski definition) is 5. The summed E-state index contributed by atoms with van der Waals surface area (Å²) in [6.45, 7) is 8.78. The molecule has 172 valence electrons. The monoisotopic (exact) mass is 468 g/mol. The van der Waals surface area contributed by atoms with Crippen molar-refractivity contribution in [1.82, 2.24) is 30.5 Å². The van der Waals surface area contributed by atoms with Crippen LogP contribution in [0.5, 0.6) is 0 Å². The first-order valence-corrected chi connectivity index (χ1v) is 10.8. The van der Waals surface area contributed by atoms with Gasteiger partial charge in [0, 0.05) is 6.54 Å². The van der Waals surface area contributed by atoms with E-state index in [0.29, 0.717) is 18.3 Å². The standard InChI is InChI=1S/C22H32N6O.2ClH/c1-16-5-7-18(8-6-16)20(27-13-3-4-14-27)15-24-22(29)21-17(2)28(26-25-21)19-9-11-23-12-10-19;;/h5-8,19-20,23H,3-4,9-15H2,1-2H3,(H,24,29);2*1H. The minimum Gasteiger partial charge on any atom is -0.349 e. The average molecular weight is 469 g/mol. The minimum atomic E-state index is -0.126. The summed E-state index contributed by atoms with van der Waals surface area (Å²) in [5.41, 5.74) is 3.83. The van der Waals surface area contributed by atoms with Gasteiger partial charge in [0.25, 0.3) is 5.91 Å². The van der Waals surface area contributed by atoms with Gasteiger partial charge in [-0.1, -0.05) is 35.0 Å². The van der Waals surface area contributed by atoms with E-state index in [1.165, 1.54) is 24.0 Å². The van der Waals surface area contributed by atoms with Crippen molar-refractivity contribution in [3.63, 3.8) is 0 Å². The second-order valence-corrected chi connectivity index (χ2v) is 8.33. The molecule has 1 aromatic carbocycles. The topological polar surface area (TPSA) is 75.1 Å². The third-order valence-corrected chi connectivity index (χ3v) is 6.30. The van der Waals surface area contributed by atoms with Crippen LogP contribution in [0.25, 0.3) is 0 Å². The van der Waals surface area contributed by atoms with Crippen LogP contribution in [0.3, 0.4) is 0 Å². The second kappa shape index (κ2) is 11.8. The number of carbonyl (C=O) groups excluding carboxylic acids is 1. The molecule has 0 aliphatic carbocycles. The summed E-state index contributed by atoms with van der Waals surface area (Å²) in [6, 6.07) is 9.19. The third kappa shape index (κ3) is 5.98. The maximum atomic E-state index is 12.9. The largest absolute Gasteiger partial charge is 0.349 e. The molecule has 2 fully saturated rings. The highest BCUT2D eigenvalue weighted by Gasteiger charge is 2.26. The molecule has 2 N–H and O–H groups in total. The van der Waals surface area contributed by atoms with Gasteiger partial charge in [-0.15, -0.1) is 29.9 Å². The number of aromatic nitrogens is 3. The van der Waals surface area contributed by atoms with Crippen LogP contribution in [0.15, 0.2) is 24.3 Å². The first-order valence-electron chi connectivity index (χ1n) is 10.8. The molecule has 2 aliphatic rings. The quantitative estimate of drug-likeness (QED) is 0.680. The van der Waals surface area contributed by atoms with Gasteiger partial charge in [0.05, 0.1) is 17.8 Å². The number of hydrogen-bond donors (Lipinski definition) is 2. The predicted octanol–water partition coefficient (Wildman–Crippen LogP) is 3.23. The number of aryl methyl sites for hydroxylation is 1. The fourth-order valence-electron chi connectivity index (χ4n) is 4.52. The lowest BCUT2D eigenvalue weighted by molar-refractivity contribution is 0.0932. The third-order valence-electron chi connectivity index (χ3n) is 6.30. The molecular formula is C22H34Cl2N6O. The fraction of sp³-hybridized carbons (Fsp3) is 0.591. The van der Waals surface area contributed by atoms with Crippen LogP contribution in [0, 0.1) is 13.8 Å². The van der Waals surface area contributed by atoms with Crippen molar-refractivity contribution in [2.24, 2.45) is 0 Å². The number of halogens is 2. The Labute approximate surface area is 197 Å². The highest BCUT2D eigenvalue weighted by atomic mass is 35.5. The number of piperidine rings is 1. The van der Waals surface area contributed by atoms with Crippen LogP contribution in [0.1, 0.15) is 65.1 Å². The van der Waals surface area contributed by atoms with Crippen LogP contribution in [-0.4, -0.2) is 58.5 Å². The summed E-state index contributed by atoms with van der Waals surface area (Å²) >= 11 is 0. The Kier molecular flexibility index (Phi) is 9.75. The van der Waals surface area contributed by atoms with E-state index in [1.54, 1.807) is 0 Å². The number of likely N-dealkylation sites (tertiary alicyclic amines) is 1. The molecule has 2 aromatic rings. The van der Waals surface area contributed by atoms with Crippen molar-refractivity contribution < 1.29 is 4.79 Å². The lowest BCUT2D eigenvalue weighted by atomic mass is 10.0. The SMILES string of the molecule is Cc1ccc(C(CNC(=O)c2nnn(C3CCNCC3)c2C)N2CCCC2)cc1.Cl.Cl. The molecule has 7 nitrogen and oxygen atoms in total. The Hall–Kier alpha value is -1.67. The predicted molar refractivity (Wildman–Crippen MR) is 127 cm³/mol. The van der Waals surface area contributed by atoms with Crippen molar-refractivity contribution >= 4 is 30.7 Å². The van der Waals surface area contributed by atoms with Gasteiger partial charge >= 0.3 is 0 Å². The maximum absolute atomic E-state index is 12.9. The van der Waals surface area contributed by atoms with Gasteiger partial charge in [-0.05, 0) is 71.3 Å². The van der Waals surface area contributed by atoms with Crippen LogP contribution in [-0.2, 0) is 0 Å². The normalized spacial score (nSPS) is 18.1. The molecule has 0 bridgehead atoms. The molecule has 0 saturated carbocycles. The Bertz CT molecular complexity index is 829. The highest BCUT2D eigenvalue weighted by Crippen LogP contribution is 2.25. The lowest BCUT2D eigenvalue weighted by Crippen LogP contribution is -2.37. The first-order chi connectivity index (χ1) is 14.1. The molecule has 1 unspecified atom stereocenters. The van der Waals surface area contributed by atoms with E-state index in [4.69, 9.17) is 0 Å². The molecule has 31 heavy (non-hydrogen) atoms. The molecule has 0 spiro atoms. The summed E-state index contributed by atoms with van der Waals surface area (Å²) in [5.74, 6) is -0.126. The summed E-state index contributed by atoms with van der Waals surface area (Å²) in [6.07, 6.45) is 4.49. The van der Waals surface area contributed by atoms with E-state index in [2.05, 4.69) is 57.0 Å². The molecule has 2 saturated heterocycles. The minimum absolute atomic E-state index is 0. The molecule has 1 amide bonds. The Balaban J connectivity index is 0.00000171. The fourth-order valence-corrected chi connectivity index (χ4v) is 4.52. The summed E-state index contributed by atoms with van der Waals surface area (Å²) in [5, 5.41) is 15.0. The van der Waals surface area contributed by atoms with E-state index >= 15 is 0 Å². The zero-order chi connectivity index (χ0) is 20.2. The Morgan fingerprint density at radius 2 is 1.77 bits per heavy atom. The van der Waals surface area contributed by atoms with E-state index in [1.807, 2.05) is 11.6 Å². The number of nitrogens with one attached hydrogen (secondary N) is 2. The molecule has 9 heteroatoms. The molecule has 4 rings (SSSR count). The summed E-state index contributed by atoms with van der Waals surface area (Å²) < 4.78 is 1.94. The van der Waals surface area contributed by atoms with Crippen molar-refractivity contribution in [3.05, 3.63) is 46.8 Å². The Morgan fingerprint density at radius 1 is 1.13 bits per heavy atom. The molecule has 3 heterocycles. The van der Waals surface area contributed by atoms with E-state index in [-0.39, 0.29) is 36.8 Å². The number of amides is 1. The van der Waals surface area contributed by atoms with Gasteiger partial charge in [-0.3, -0.25) is 9.69 Å². The number of rotatable bonds is 6. The average Bonchev–Trinajstić information content (AvgIpc) is 3.40. The summed E-state index contributed by atoms with van der Waals surface area (Å²) in [7, 11) is 0. The number of carbonyl (C=O) groups is 1. The van der Waals surface area contributed by atoms with E-state index in [9.17, 15) is 4.79 Å². The van der Waals surface area contributed by atoms with Gasteiger partial charge in [0.2, 0.25) is 0 Å². The zero-order valence-corrected chi connectivity index (χ0v) is 20.0. The van der Waals surface area contributed by atoms with Crippen LogP contribution in [0.2, 0.25) is 0 Å². The molecule has 1 atom stereocenters. The van der Waals surface area contributed by atoms with Crippen molar-refractivity contribution in [3.8, 4) is 0 Å². The van der Waals surface area contributed by atoms with Gasteiger partial charge in [0.15, 0.2) is 5.69 Å². The Morgan fingerprint density at radius 3 is 2.42 bits per heavy atom. The first kappa shape index (κ1) is 25.6. The smallest absolute Gasteiger partial charge is 0.273 e. The maximum Gasteiger partial charge on any atom is 0.273 e. The van der Waals surface area contributed by atoms with Crippen molar-refractivity contribution in [2.45, 2.75) is 51.6 Å². The van der Waals surface area contributed by atoms with E-state index < -0.39 is 0 Å². The van der Waals surface area contributed by atoms with Crippen LogP contribution < -0.4 is 10.6 Å². The molecular weight excluding hydrogens is 435 g/mol. The summed E-state index contributed by atoms with van der Waals surface area (Å²) in [4.78, 5) is 15.4. The zero-order valence-electron chi connectivity index (χ0n) is 18.3. The van der Waals surface area contributed by atoms with E-state index in [0.717, 1.165) is 44.7 Å². The second-order valence-electron chi connectivity index (χ2n) is 8.33. The molecule has 0 radical (unpaired) electrons. The highest BCUT2D eigenvalue weighted by molar-refractivity contribution is 5.93. The van der Waals surface area contributed by atoms with Crippen LogP contribution >= 0.6 is 24.8 Å².